The van der Waals surface area contributed by atoms with Gasteiger partial charge >= 0.3 is 0 Å². The van der Waals surface area contributed by atoms with Crippen molar-refractivity contribution < 1.29 is 14.3 Å². The summed E-state index contributed by atoms with van der Waals surface area (Å²) in [5.74, 6) is 1.15. The van der Waals surface area contributed by atoms with Crippen LogP contribution in [0.5, 0.6) is 11.5 Å². The molecule has 0 atom stereocenters. The van der Waals surface area contributed by atoms with Gasteiger partial charge in [0.05, 0.1) is 22.2 Å². The molecule has 34 heavy (non-hydrogen) atoms. The summed E-state index contributed by atoms with van der Waals surface area (Å²) in [5, 5.41) is 0.672. The normalized spacial score (nSPS) is 16.0. The third-order valence-electron chi connectivity index (χ3n) is 5.11. The van der Waals surface area contributed by atoms with Gasteiger partial charge in [0, 0.05) is 6.04 Å². The summed E-state index contributed by atoms with van der Waals surface area (Å²) < 4.78 is 12.4. The maximum absolute atomic E-state index is 13.2. The molecule has 1 aliphatic rings. The van der Waals surface area contributed by atoms with E-state index in [0.717, 1.165) is 21.3 Å². The molecule has 3 aromatic rings. The van der Waals surface area contributed by atoms with Gasteiger partial charge in [0.25, 0.3) is 5.91 Å². The molecular formula is C27H25BrN2O3S. The quantitative estimate of drug-likeness (QED) is 0.303. The van der Waals surface area contributed by atoms with Crippen molar-refractivity contribution in [1.82, 2.24) is 4.90 Å². The molecule has 1 saturated heterocycles. The summed E-state index contributed by atoms with van der Waals surface area (Å²) in [6.45, 7) is 4.40. The molecule has 0 saturated carbocycles. The van der Waals surface area contributed by atoms with Crippen molar-refractivity contribution in [3.8, 4) is 11.5 Å². The van der Waals surface area contributed by atoms with Crippen molar-refractivity contribution in [2.24, 2.45) is 4.99 Å². The van der Waals surface area contributed by atoms with Crippen LogP contribution in [0.15, 0.2) is 87.2 Å². The summed E-state index contributed by atoms with van der Waals surface area (Å²) in [6.07, 6.45) is 1.87. The van der Waals surface area contributed by atoms with Gasteiger partial charge in [-0.25, -0.2) is 4.99 Å². The summed E-state index contributed by atoms with van der Waals surface area (Å²) in [7, 11) is 1.61. The minimum absolute atomic E-state index is 0.0107. The lowest BCUT2D eigenvalue weighted by Gasteiger charge is -2.19. The SMILES string of the molecule is COc1cc(/C=C2/SC(=Nc3ccccc3)N(C(C)C)C2=O)cc(Br)c1OCc1ccccc1. The number of ether oxygens (including phenoxy) is 2. The van der Waals surface area contributed by atoms with Crippen LogP contribution in [-0.2, 0) is 11.4 Å². The van der Waals surface area contributed by atoms with Crippen molar-refractivity contribution in [1.29, 1.82) is 0 Å². The fourth-order valence-electron chi connectivity index (χ4n) is 3.48. The van der Waals surface area contributed by atoms with Gasteiger partial charge < -0.3 is 9.47 Å². The first-order valence-corrected chi connectivity index (χ1v) is 12.5. The standard InChI is InChI=1S/C27H25BrN2O3S/c1-18(2)30-26(31)24(34-27(30)29-21-12-8-5-9-13-21)16-20-14-22(28)25(23(15-20)32-3)33-17-19-10-6-4-7-11-19/h4-16,18H,17H2,1-3H3/b24-16+,29-27?. The Morgan fingerprint density at radius 3 is 2.38 bits per heavy atom. The number of amides is 1. The molecule has 0 N–H and O–H groups in total. The fraction of sp³-hybridized carbons (Fsp3) is 0.185. The molecule has 0 unspecified atom stereocenters. The number of carbonyl (C=O) groups is 1. The van der Waals surface area contributed by atoms with E-state index in [1.807, 2.05) is 92.7 Å². The zero-order valence-corrected chi connectivity index (χ0v) is 21.6. The zero-order valence-electron chi connectivity index (χ0n) is 19.2. The number of hydrogen-bond acceptors (Lipinski definition) is 5. The van der Waals surface area contributed by atoms with Gasteiger partial charge in [-0.2, -0.15) is 0 Å². The number of halogens is 1. The van der Waals surface area contributed by atoms with Crippen LogP contribution in [0.4, 0.5) is 5.69 Å². The van der Waals surface area contributed by atoms with Crippen LogP contribution < -0.4 is 9.47 Å². The van der Waals surface area contributed by atoms with Crippen LogP contribution in [0.1, 0.15) is 25.0 Å². The highest BCUT2D eigenvalue weighted by atomic mass is 79.9. The molecule has 174 valence electrons. The lowest BCUT2D eigenvalue weighted by atomic mass is 10.1. The third-order valence-corrected chi connectivity index (χ3v) is 6.68. The number of carbonyl (C=O) groups excluding carboxylic acids is 1. The van der Waals surface area contributed by atoms with Crippen LogP contribution >= 0.6 is 27.7 Å². The predicted molar refractivity (Wildman–Crippen MR) is 143 cm³/mol. The highest BCUT2D eigenvalue weighted by Crippen LogP contribution is 2.40. The first kappa shape index (κ1) is 24.1. The van der Waals surface area contributed by atoms with Gasteiger partial charge in [-0.3, -0.25) is 9.69 Å². The van der Waals surface area contributed by atoms with E-state index in [-0.39, 0.29) is 11.9 Å². The summed E-state index contributed by atoms with van der Waals surface area (Å²) in [4.78, 5) is 20.3. The first-order valence-electron chi connectivity index (χ1n) is 10.9. The number of rotatable bonds is 7. The maximum atomic E-state index is 13.2. The van der Waals surface area contributed by atoms with Gasteiger partial charge in [-0.05, 0) is 83.0 Å². The van der Waals surface area contributed by atoms with Crippen LogP contribution in [0.3, 0.4) is 0 Å². The summed E-state index contributed by atoms with van der Waals surface area (Å²) in [5.41, 5.74) is 2.71. The molecular weight excluding hydrogens is 512 g/mol. The Bertz CT molecular complexity index is 1230. The Labute approximate surface area is 212 Å². The Kier molecular flexibility index (Phi) is 7.75. The number of amidine groups is 1. The molecule has 0 aromatic heterocycles. The van der Waals surface area contributed by atoms with E-state index in [1.54, 1.807) is 12.0 Å². The number of thioether (sulfide) groups is 1. The van der Waals surface area contributed by atoms with Crippen LogP contribution in [0, 0.1) is 0 Å². The average molecular weight is 537 g/mol. The van der Waals surface area contributed by atoms with Crippen molar-refractivity contribution in [2.75, 3.05) is 7.11 Å². The number of aliphatic imine (C=N–C) groups is 1. The highest BCUT2D eigenvalue weighted by molar-refractivity contribution is 9.10. The molecule has 1 heterocycles. The predicted octanol–water partition coefficient (Wildman–Crippen LogP) is 7.05. The van der Waals surface area contributed by atoms with Crippen molar-refractivity contribution in [3.63, 3.8) is 0 Å². The number of para-hydroxylation sites is 1. The molecule has 1 fully saturated rings. The smallest absolute Gasteiger partial charge is 0.266 e. The minimum Gasteiger partial charge on any atom is -0.493 e. The Hall–Kier alpha value is -3.03. The van der Waals surface area contributed by atoms with E-state index in [2.05, 4.69) is 15.9 Å². The molecule has 7 heteroatoms. The van der Waals surface area contributed by atoms with Crippen molar-refractivity contribution in [3.05, 3.63) is 93.3 Å². The van der Waals surface area contributed by atoms with E-state index in [4.69, 9.17) is 14.5 Å². The second-order valence-corrected chi connectivity index (χ2v) is 9.78. The number of benzene rings is 3. The van der Waals surface area contributed by atoms with Gasteiger partial charge in [0.15, 0.2) is 16.7 Å². The molecule has 1 aliphatic heterocycles. The molecule has 3 aromatic carbocycles. The summed E-state index contributed by atoms with van der Waals surface area (Å²) >= 11 is 4.98. The number of methoxy groups -OCH3 is 1. The Morgan fingerprint density at radius 1 is 1.06 bits per heavy atom. The van der Waals surface area contributed by atoms with Gasteiger partial charge in [-0.1, -0.05) is 48.5 Å². The van der Waals surface area contributed by atoms with E-state index >= 15 is 0 Å². The van der Waals surface area contributed by atoms with Gasteiger partial charge in [0.2, 0.25) is 0 Å². The Balaban J connectivity index is 1.62. The fourth-order valence-corrected chi connectivity index (χ4v) is 5.17. The molecule has 5 nitrogen and oxygen atoms in total. The average Bonchev–Trinajstić information content (AvgIpc) is 3.13. The van der Waals surface area contributed by atoms with Crippen molar-refractivity contribution >= 4 is 50.5 Å². The molecule has 1 amide bonds. The van der Waals surface area contributed by atoms with E-state index in [0.29, 0.717) is 28.2 Å². The van der Waals surface area contributed by atoms with Crippen LogP contribution in [-0.4, -0.2) is 29.1 Å². The number of nitrogens with zero attached hydrogens (tertiary/aromatic N) is 2. The second-order valence-electron chi connectivity index (χ2n) is 7.92. The van der Waals surface area contributed by atoms with E-state index in [9.17, 15) is 4.79 Å². The molecule has 0 spiro atoms. The zero-order chi connectivity index (χ0) is 24.1. The van der Waals surface area contributed by atoms with Crippen LogP contribution in [0.2, 0.25) is 0 Å². The van der Waals surface area contributed by atoms with E-state index in [1.165, 1.54) is 11.8 Å². The van der Waals surface area contributed by atoms with Crippen LogP contribution in [0.25, 0.3) is 6.08 Å². The van der Waals surface area contributed by atoms with Crippen molar-refractivity contribution in [2.45, 2.75) is 26.5 Å². The van der Waals surface area contributed by atoms with Gasteiger partial charge in [0.1, 0.15) is 6.61 Å². The largest absolute Gasteiger partial charge is 0.493 e. The maximum Gasteiger partial charge on any atom is 0.266 e. The molecule has 0 aliphatic carbocycles. The molecule has 4 rings (SSSR count). The minimum atomic E-state index is -0.0609. The Morgan fingerprint density at radius 2 is 1.74 bits per heavy atom. The lowest BCUT2D eigenvalue weighted by molar-refractivity contribution is -0.123. The van der Waals surface area contributed by atoms with Gasteiger partial charge in [-0.15, -0.1) is 0 Å². The first-order chi connectivity index (χ1) is 16.5. The second kappa shape index (κ2) is 10.9. The molecule has 0 radical (unpaired) electrons. The molecule has 0 bridgehead atoms. The third kappa shape index (κ3) is 5.54. The highest BCUT2D eigenvalue weighted by Gasteiger charge is 2.35. The van der Waals surface area contributed by atoms with E-state index < -0.39 is 0 Å². The number of hydrogen-bond donors (Lipinski definition) is 0. The topological polar surface area (TPSA) is 51.1 Å². The monoisotopic (exact) mass is 536 g/mol. The lowest BCUT2D eigenvalue weighted by Crippen LogP contribution is -2.35. The summed E-state index contributed by atoms with van der Waals surface area (Å²) in [6, 6.07) is 23.4.